The summed E-state index contributed by atoms with van der Waals surface area (Å²) in [5.74, 6) is 0.583. The zero-order chi connectivity index (χ0) is 11.5. The van der Waals surface area contributed by atoms with Gasteiger partial charge in [0.05, 0.1) is 6.10 Å². The van der Waals surface area contributed by atoms with Crippen LogP contribution in [-0.4, -0.2) is 23.7 Å². The van der Waals surface area contributed by atoms with Crippen LogP contribution < -0.4 is 5.32 Å². The summed E-state index contributed by atoms with van der Waals surface area (Å²) < 4.78 is 5.52. The second-order valence-electron chi connectivity index (χ2n) is 4.66. The first-order valence-electron chi connectivity index (χ1n) is 5.96. The van der Waals surface area contributed by atoms with Gasteiger partial charge in [0.2, 0.25) is 0 Å². The van der Waals surface area contributed by atoms with Gasteiger partial charge in [-0.05, 0) is 19.3 Å². The van der Waals surface area contributed by atoms with Gasteiger partial charge in [0, 0.05) is 30.3 Å². The number of nitrogens with zero attached hydrogens (tertiary/aromatic N) is 1. The van der Waals surface area contributed by atoms with E-state index in [2.05, 4.69) is 31.1 Å². The topological polar surface area (TPSA) is 34.2 Å². The van der Waals surface area contributed by atoms with Crippen LogP contribution in [-0.2, 0) is 11.3 Å². The lowest BCUT2D eigenvalue weighted by Gasteiger charge is -2.14. The van der Waals surface area contributed by atoms with Crippen LogP contribution in [0.25, 0.3) is 0 Å². The van der Waals surface area contributed by atoms with Crippen LogP contribution in [0.1, 0.15) is 43.0 Å². The first-order chi connectivity index (χ1) is 7.66. The zero-order valence-corrected chi connectivity index (χ0v) is 11.0. The van der Waals surface area contributed by atoms with Gasteiger partial charge in [0.25, 0.3) is 0 Å². The van der Waals surface area contributed by atoms with Crippen LogP contribution >= 0.6 is 11.3 Å². The van der Waals surface area contributed by atoms with Gasteiger partial charge in [-0.3, -0.25) is 0 Å². The summed E-state index contributed by atoms with van der Waals surface area (Å²) in [6, 6.07) is 0.492. The molecule has 4 heteroatoms. The highest BCUT2D eigenvalue weighted by molar-refractivity contribution is 7.11. The van der Waals surface area contributed by atoms with Crippen molar-refractivity contribution >= 4 is 11.3 Å². The largest absolute Gasteiger partial charge is 0.377 e. The Morgan fingerprint density at radius 2 is 2.44 bits per heavy atom. The fraction of sp³-hybridized carbons (Fsp3) is 0.750. The minimum Gasteiger partial charge on any atom is -0.377 e. The average Bonchev–Trinajstić information content (AvgIpc) is 2.83. The van der Waals surface area contributed by atoms with Gasteiger partial charge in [-0.2, -0.15) is 0 Å². The molecule has 1 aromatic rings. The SMILES string of the molecule is CC(C)c1cnc(CNC2CCOC2C)s1. The molecule has 2 heterocycles. The van der Waals surface area contributed by atoms with Gasteiger partial charge in [-0.15, -0.1) is 11.3 Å². The molecule has 0 amide bonds. The molecule has 1 aliphatic rings. The first-order valence-corrected chi connectivity index (χ1v) is 6.78. The lowest BCUT2D eigenvalue weighted by atomic mass is 10.1. The maximum absolute atomic E-state index is 5.52. The normalized spacial score (nSPS) is 25.5. The molecule has 2 rings (SSSR count). The monoisotopic (exact) mass is 240 g/mol. The molecule has 0 bridgehead atoms. The fourth-order valence-electron chi connectivity index (χ4n) is 1.89. The van der Waals surface area contributed by atoms with Gasteiger partial charge >= 0.3 is 0 Å². The summed E-state index contributed by atoms with van der Waals surface area (Å²) >= 11 is 1.81. The molecule has 1 saturated heterocycles. The van der Waals surface area contributed by atoms with Crippen LogP contribution in [0.4, 0.5) is 0 Å². The van der Waals surface area contributed by atoms with E-state index < -0.39 is 0 Å². The van der Waals surface area contributed by atoms with Crippen molar-refractivity contribution in [2.24, 2.45) is 0 Å². The van der Waals surface area contributed by atoms with E-state index in [0.717, 1.165) is 19.6 Å². The summed E-state index contributed by atoms with van der Waals surface area (Å²) in [6.07, 6.45) is 3.45. The average molecular weight is 240 g/mol. The lowest BCUT2D eigenvalue weighted by molar-refractivity contribution is 0.113. The van der Waals surface area contributed by atoms with Crippen molar-refractivity contribution in [2.75, 3.05) is 6.61 Å². The Morgan fingerprint density at radius 1 is 1.62 bits per heavy atom. The van der Waals surface area contributed by atoms with E-state index in [1.165, 1.54) is 9.88 Å². The molecule has 2 unspecified atom stereocenters. The number of thiazole rings is 1. The molecule has 1 aromatic heterocycles. The van der Waals surface area contributed by atoms with Crippen molar-refractivity contribution < 1.29 is 4.74 Å². The van der Waals surface area contributed by atoms with Crippen LogP contribution in [0, 0.1) is 0 Å². The van der Waals surface area contributed by atoms with Crippen molar-refractivity contribution in [2.45, 2.75) is 51.8 Å². The Morgan fingerprint density at radius 3 is 3.00 bits per heavy atom. The molecule has 0 spiro atoms. The molecular weight excluding hydrogens is 220 g/mol. The second-order valence-corrected chi connectivity index (χ2v) is 5.81. The van der Waals surface area contributed by atoms with Gasteiger partial charge in [-0.1, -0.05) is 13.8 Å². The molecule has 3 nitrogen and oxygen atoms in total. The highest BCUT2D eigenvalue weighted by Gasteiger charge is 2.23. The van der Waals surface area contributed by atoms with Gasteiger partial charge in [0.1, 0.15) is 5.01 Å². The van der Waals surface area contributed by atoms with Crippen molar-refractivity contribution in [1.82, 2.24) is 10.3 Å². The van der Waals surface area contributed by atoms with Crippen LogP contribution in [0.5, 0.6) is 0 Å². The standard InChI is InChI=1S/C12H20N2OS/c1-8(2)11-6-14-12(16-11)7-13-10-4-5-15-9(10)3/h6,8-10,13H,4-5,7H2,1-3H3. The molecule has 0 saturated carbocycles. The van der Waals surface area contributed by atoms with E-state index in [4.69, 9.17) is 4.74 Å². The van der Waals surface area contributed by atoms with Crippen molar-refractivity contribution in [3.63, 3.8) is 0 Å². The minimum absolute atomic E-state index is 0.338. The predicted octanol–water partition coefficient (Wildman–Crippen LogP) is 2.53. The Balaban J connectivity index is 1.84. The number of ether oxygens (including phenoxy) is 1. The fourth-order valence-corrected chi connectivity index (χ4v) is 2.77. The van der Waals surface area contributed by atoms with E-state index in [1.807, 2.05) is 17.5 Å². The smallest absolute Gasteiger partial charge is 0.107 e. The summed E-state index contributed by atoms with van der Waals surface area (Å²) in [4.78, 5) is 5.81. The maximum atomic E-state index is 5.52. The zero-order valence-electron chi connectivity index (χ0n) is 10.2. The van der Waals surface area contributed by atoms with Crippen LogP contribution in [0.3, 0.4) is 0 Å². The molecule has 0 aromatic carbocycles. The third-order valence-corrected chi connectivity index (χ3v) is 4.33. The molecule has 90 valence electrons. The third kappa shape index (κ3) is 2.81. The molecule has 0 radical (unpaired) electrons. The van der Waals surface area contributed by atoms with E-state index in [-0.39, 0.29) is 0 Å². The van der Waals surface area contributed by atoms with Gasteiger partial charge in [0.15, 0.2) is 0 Å². The lowest BCUT2D eigenvalue weighted by Crippen LogP contribution is -2.34. The minimum atomic E-state index is 0.338. The number of aromatic nitrogens is 1. The number of rotatable bonds is 4. The molecular formula is C12H20N2OS. The highest BCUT2D eigenvalue weighted by Crippen LogP contribution is 2.22. The molecule has 1 fully saturated rings. The second kappa shape index (κ2) is 5.25. The summed E-state index contributed by atoms with van der Waals surface area (Å²) in [6.45, 7) is 8.30. The Kier molecular flexibility index (Phi) is 3.95. The third-order valence-electron chi connectivity index (χ3n) is 3.03. The predicted molar refractivity (Wildman–Crippen MR) is 66.9 cm³/mol. The van der Waals surface area contributed by atoms with E-state index >= 15 is 0 Å². The summed E-state index contributed by atoms with van der Waals surface area (Å²) in [5, 5.41) is 4.71. The maximum Gasteiger partial charge on any atom is 0.107 e. The molecule has 2 atom stereocenters. The Bertz CT molecular complexity index is 338. The quantitative estimate of drug-likeness (QED) is 0.878. The van der Waals surface area contributed by atoms with Crippen molar-refractivity contribution in [3.8, 4) is 0 Å². The van der Waals surface area contributed by atoms with Gasteiger partial charge < -0.3 is 10.1 Å². The van der Waals surface area contributed by atoms with E-state index in [0.29, 0.717) is 18.1 Å². The van der Waals surface area contributed by atoms with Crippen LogP contribution in [0.2, 0.25) is 0 Å². The van der Waals surface area contributed by atoms with E-state index in [1.54, 1.807) is 0 Å². The first kappa shape index (κ1) is 12.0. The summed E-state index contributed by atoms with van der Waals surface area (Å²) in [5.41, 5.74) is 0. The number of hydrogen-bond donors (Lipinski definition) is 1. The van der Waals surface area contributed by atoms with Crippen molar-refractivity contribution in [1.29, 1.82) is 0 Å². The Hall–Kier alpha value is -0.450. The number of hydrogen-bond acceptors (Lipinski definition) is 4. The highest BCUT2D eigenvalue weighted by atomic mass is 32.1. The Labute approximate surface area is 101 Å². The molecule has 0 aliphatic carbocycles. The molecule has 16 heavy (non-hydrogen) atoms. The van der Waals surface area contributed by atoms with E-state index in [9.17, 15) is 0 Å². The summed E-state index contributed by atoms with van der Waals surface area (Å²) in [7, 11) is 0. The molecule has 1 N–H and O–H groups in total. The van der Waals surface area contributed by atoms with Crippen LogP contribution in [0.15, 0.2) is 6.20 Å². The molecule has 1 aliphatic heterocycles. The van der Waals surface area contributed by atoms with Crippen molar-refractivity contribution in [3.05, 3.63) is 16.1 Å². The number of nitrogens with one attached hydrogen (secondary N) is 1. The van der Waals surface area contributed by atoms with Gasteiger partial charge in [-0.25, -0.2) is 4.98 Å².